The van der Waals surface area contributed by atoms with Crippen LogP contribution in [0.2, 0.25) is 0 Å². The van der Waals surface area contributed by atoms with Crippen LogP contribution in [0.15, 0.2) is 36.4 Å². The van der Waals surface area contributed by atoms with Crippen molar-refractivity contribution in [1.29, 1.82) is 0 Å². The molecule has 10 heteroatoms. The maximum absolute atomic E-state index is 12.1. The number of carbonyl (C=O) groups excluding carboxylic acids is 2. The Labute approximate surface area is 171 Å². The van der Waals surface area contributed by atoms with Crippen molar-refractivity contribution in [2.75, 3.05) is 6.54 Å². The van der Waals surface area contributed by atoms with Crippen LogP contribution in [-0.4, -0.2) is 55.9 Å². The molecule has 10 nitrogen and oxygen atoms in total. The van der Waals surface area contributed by atoms with Crippen molar-refractivity contribution in [2.24, 2.45) is 0 Å². The number of benzene rings is 2. The quantitative estimate of drug-likeness (QED) is 0.293. The molecule has 160 valence electrons. The molecule has 0 spiro atoms. The van der Waals surface area contributed by atoms with E-state index in [1.165, 1.54) is 18.2 Å². The van der Waals surface area contributed by atoms with Gasteiger partial charge in [0.2, 0.25) is 5.91 Å². The van der Waals surface area contributed by atoms with Gasteiger partial charge in [-0.25, -0.2) is 4.79 Å². The number of carboxylic acids is 1. The van der Waals surface area contributed by atoms with Crippen LogP contribution in [0.3, 0.4) is 0 Å². The summed E-state index contributed by atoms with van der Waals surface area (Å²) in [6.07, 6.45) is 0.0822. The molecule has 2 aromatic rings. The molecule has 2 rings (SSSR count). The highest BCUT2D eigenvalue weighted by Crippen LogP contribution is 2.25. The Hall–Kier alpha value is -3.95. The van der Waals surface area contributed by atoms with Gasteiger partial charge < -0.3 is 36.2 Å². The molecule has 0 aliphatic heterocycles. The molecule has 0 saturated heterocycles. The summed E-state index contributed by atoms with van der Waals surface area (Å²) in [7, 11) is 0. The third kappa shape index (κ3) is 6.30. The van der Waals surface area contributed by atoms with Gasteiger partial charge in [0.15, 0.2) is 23.0 Å². The van der Waals surface area contributed by atoms with Crippen LogP contribution in [-0.2, 0) is 16.0 Å². The van der Waals surface area contributed by atoms with Gasteiger partial charge in [0.1, 0.15) is 6.04 Å². The van der Waals surface area contributed by atoms with Gasteiger partial charge in [-0.15, -0.1) is 0 Å². The number of aromatic hydroxyl groups is 4. The van der Waals surface area contributed by atoms with E-state index in [4.69, 9.17) is 0 Å². The van der Waals surface area contributed by atoms with Crippen LogP contribution >= 0.6 is 0 Å². The van der Waals surface area contributed by atoms with Crippen LogP contribution < -0.4 is 10.6 Å². The number of hydrogen-bond donors (Lipinski definition) is 7. The highest BCUT2D eigenvalue weighted by atomic mass is 16.4. The van der Waals surface area contributed by atoms with E-state index in [1.807, 2.05) is 0 Å². The van der Waals surface area contributed by atoms with Crippen LogP contribution in [0, 0.1) is 0 Å². The maximum Gasteiger partial charge on any atom is 0.326 e. The summed E-state index contributed by atoms with van der Waals surface area (Å²) in [6, 6.07) is 6.29. The molecule has 2 aromatic carbocycles. The molecule has 2 amide bonds. The van der Waals surface area contributed by atoms with Crippen LogP contribution in [0.4, 0.5) is 0 Å². The van der Waals surface area contributed by atoms with Gasteiger partial charge in [-0.2, -0.15) is 0 Å². The lowest BCUT2D eigenvalue weighted by molar-refractivity contribution is -0.139. The van der Waals surface area contributed by atoms with E-state index >= 15 is 0 Å². The van der Waals surface area contributed by atoms with Gasteiger partial charge in [-0.05, 0) is 48.7 Å². The van der Waals surface area contributed by atoms with E-state index in [2.05, 4.69) is 10.6 Å². The number of carboxylic acid groups (broad SMARTS) is 1. The molecule has 0 heterocycles. The first-order chi connectivity index (χ1) is 14.2. The van der Waals surface area contributed by atoms with Crippen molar-refractivity contribution in [1.82, 2.24) is 10.6 Å². The van der Waals surface area contributed by atoms with Crippen LogP contribution in [0.25, 0.3) is 0 Å². The summed E-state index contributed by atoms with van der Waals surface area (Å²) >= 11 is 0. The first-order valence-electron chi connectivity index (χ1n) is 9.00. The summed E-state index contributed by atoms with van der Waals surface area (Å²) in [4.78, 5) is 35.5. The van der Waals surface area contributed by atoms with Gasteiger partial charge in [0.05, 0.1) is 0 Å². The summed E-state index contributed by atoms with van der Waals surface area (Å²) in [5, 5.41) is 51.6. The maximum atomic E-state index is 12.1. The Morgan fingerprint density at radius 3 is 2.10 bits per heavy atom. The van der Waals surface area contributed by atoms with E-state index in [1.54, 1.807) is 6.07 Å². The predicted octanol–water partition coefficient (Wildman–Crippen LogP) is 0.831. The van der Waals surface area contributed by atoms with Gasteiger partial charge in [-0.1, -0.05) is 6.07 Å². The smallest absolute Gasteiger partial charge is 0.326 e. The van der Waals surface area contributed by atoms with Gasteiger partial charge in [-0.3, -0.25) is 9.59 Å². The molecule has 0 fully saturated rings. The highest BCUT2D eigenvalue weighted by molar-refractivity contribution is 5.97. The Kier molecular flexibility index (Phi) is 7.45. The van der Waals surface area contributed by atoms with Crippen LogP contribution in [0.5, 0.6) is 23.0 Å². The number of carbonyl (C=O) groups is 3. The van der Waals surface area contributed by atoms with Crippen molar-refractivity contribution in [3.8, 4) is 23.0 Å². The Balaban J connectivity index is 1.82. The molecule has 0 unspecified atom stereocenters. The molecule has 0 aliphatic rings. The zero-order valence-electron chi connectivity index (χ0n) is 15.8. The minimum absolute atomic E-state index is 0.0434. The molecular formula is C20H22N2O8. The number of phenolic OH excluding ortho intramolecular Hbond substituents is 4. The number of hydrogen-bond acceptors (Lipinski definition) is 7. The first-order valence-corrected chi connectivity index (χ1v) is 9.00. The molecule has 0 aromatic heterocycles. The number of nitrogens with one attached hydrogen (secondary N) is 2. The molecule has 0 bridgehead atoms. The van der Waals surface area contributed by atoms with Gasteiger partial charge in [0.25, 0.3) is 5.91 Å². The second kappa shape index (κ2) is 10.0. The molecule has 30 heavy (non-hydrogen) atoms. The molecule has 0 aliphatic carbocycles. The molecule has 0 radical (unpaired) electrons. The van der Waals surface area contributed by atoms with Crippen molar-refractivity contribution >= 4 is 17.8 Å². The summed E-state index contributed by atoms with van der Waals surface area (Å²) in [6.45, 7) is 0.236. The van der Waals surface area contributed by atoms with Crippen molar-refractivity contribution in [3.63, 3.8) is 0 Å². The predicted molar refractivity (Wildman–Crippen MR) is 104 cm³/mol. The van der Waals surface area contributed by atoms with Gasteiger partial charge in [0, 0.05) is 18.5 Å². The van der Waals surface area contributed by atoms with E-state index in [-0.39, 0.29) is 36.4 Å². The first kappa shape index (κ1) is 22.3. The second-order valence-electron chi connectivity index (χ2n) is 6.53. The van der Waals surface area contributed by atoms with Crippen molar-refractivity contribution in [3.05, 3.63) is 47.5 Å². The van der Waals surface area contributed by atoms with Crippen molar-refractivity contribution < 1.29 is 39.9 Å². The Bertz CT molecular complexity index is 944. The minimum atomic E-state index is -1.33. The Morgan fingerprint density at radius 2 is 1.50 bits per heavy atom. The topological polar surface area (TPSA) is 176 Å². The lowest BCUT2D eigenvalue weighted by atomic mass is 10.1. The number of phenols is 4. The second-order valence-corrected chi connectivity index (χ2v) is 6.53. The fourth-order valence-electron chi connectivity index (χ4n) is 2.60. The summed E-state index contributed by atoms with van der Waals surface area (Å²) in [5.41, 5.74) is 0.650. The monoisotopic (exact) mass is 418 g/mol. The average Bonchev–Trinajstić information content (AvgIpc) is 2.69. The van der Waals surface area contributed by atoms with Crippen molar-refractivity contribution in [2.45, 2.75) is 25.3 Å². The van der Waals surface area contributed by atoms with Gasteiger partial charge >= 0.3 is 5.97 Å². The number of rotatable bonds is 9. The Morgan fingerprint density at radius 1 is 0.867 bits per heavy atom. The van der Waals surface area contributed by atoms with E-state index in [0.717, 1.165) is 12.1 Å². The fourth-order valence-corrected chi connectivity index (χ4v) is 2.60. The summed E-state index contributed by atoms with van der Waals surface area (Å²) in [5.74, 6) is -3.95. The standard InChI is InChI=1S/C20H22N2O8/c23-14-4-1-11(9-16(14)25)7-8-21-18(27)6-3-13(20(29)30)22-19(28)12-2-5-15(24)17(26)10-12/h1-2,4-5,9-10,13,23-26H,3,6-8H2,(H,21,27)(H,22,28)(H,29,30)/t13-/m0/s1. The zero-order chi connectivity index (χ0) is 22.3. The summed E-state index contributed by atoms with van der Waals surface area (Å²) < 4.78 is 0. The van der Waals surface area contributed by atoms with Crippen LogP contribution in [0.1, 0.15) is 28.8 Å². The zero-order valence-corrected chi connectivity index (χ0v) is 15.8. The highest BCUT2D eigenvalue weighted by Gasteiger charge is 2.22. The lowest BCUT2D eigenvalue weighted by Crippen LogP contribution is -2.41. The third-order valence-corrected chi connectivity index (χ3v) is 4.28. The minimum Gasteiger partial charge on any atom is -0.504 e. The molecular weight excluding hydrogens is 396 g/mol. The third-order valence-electron chi connectivity index (χ3n) is 4.28. The van der Waals surface area contributed by atoms with E-state index in [0.29, 0.717) is 12.0 Å². The largest absolute Gasteiger partial charge is 0.504 e. The lowest BCUT2D eigenvalue weighted by Gasteiger charge is -2.15. The molecule has 1 atom stereocenters. The number of amides is 2. The normalized spacial score (nSPS) is 11.5. The average molecular weight is 418 g/mol. The van der Waals surface area contributed by atoms with E-state index in [9.17, 15) is 39.9 Å². The number of aliphatic carboxylic acids is 1. The fraction of sp³-hybridized carbons (Fsp3) is 0.250. The molecule has 7 N–H and O–H groups in total. The molecule has 0 saturated carbocycles. The van der Waals surface area contributed by atoms with E-state index < -0.39 is 35.3 Å². The SMILES string of the molecule is O=C(CC[C@H](NC(=O)c1ccc(O)c(O)c1)C(=O)O)NCCc1ccc(O)c(O)c1.